The van der Waals surface area contributed by atoms with Crippen LogP contribution >= 0.6 is 0 Å². The van der Waals surface area contributed by atoms with E-state index in [9.17, 15) is 4.79 Å². The van der Waals surface area contributed by atoms with Crippen molar-refractivity contribution in [2.75, 3.05) is 18.8 Å². The monoisotopic (exact) mass is 312 g/mol. The molecule has 2 atom stereocenters. The van der Waals surface area contributed by atoms with E-state index < -0.39 is 0 Å². The average molecular weight is 312 g/mol. The predicted molar refractivity (Wildman–Crippen MR) is 92.1 cm³/mol. The highest BCUT2D eigenvalue weighted by molar-refractivity contribution is 5.92. The number of amides is 1. The zero-order valence-corrected chi connectivity index (χ0v) is 14.0. The van der Waals surface area contributed by atoms with Gasteiger partial charge in [-0.05, 0) is 55.0 Å². The number of hydrogen-bond acceptors (Lipinski definition) is 3. The Morgan fingerprint density at radius 1 is 1.17 bits per heavy atom. The SMILES string of the molecule is Cc1ccc(N)cc1-c1ccc(C(=O)N2CC(C)CC(C)C2)o1. The van der Waals surface area contributed by atoms with Crippen LogP contribution in [0.2, 0.25) is 0 Å². The van der Waals surface area contributed by atoms with Crippen molar-refractivity contribution in [1.82, 2.24) is 4.90 Å². The summed E-state index contributed by atoms with van der Waals surface area (Å²) < 4.78 is 5.84. The van der Waals surface area contributed by atoms with Gasteiger partial charge in [-0.1, -0.05) is 19.9 Å². The van der Waals surface area contributed by atoms with E-state index in [1.165, 1.54) is 6.42 Å². The normalized spacial score (nSPS) is 21.4. The van der Waals surface area contributed by atoms with Crippen molar-refractivity contribution in [3.8, 4) is 11.3 Å². The van der Waals surface area contributed by atoms with Crippen LogP contribution in [-0.4, -0.2) is 23.9 Å². The maximum atomic E-state index is 12.7. The number of furan rings is 1. The number of likely N-dealkylation sites (tertiary alicyclic amines) is 1. The van der Waals surface area contributed by atoms with Crippen LogP contribution in [0.25, 0.3) is 11.3 Å². The molecule has 1 fully saturated rings. The number of piperidine rings is 1. The van der Waals surface area contributed by atoms with E-state index >= 15 is 0 Å². The Labute approximate surface area is 137 Å². The number of carbonyl (C=O) groups excluding carboxylic acids is 1. The molecule has 23 heavy (non-hydrogen) atoms. The molecule has 0 spiro atoms. The van der Waals surface area contributed by atoms with Crippen molar-refractivity contribution in [3.05, 3.63) is 41.7 Å². The van der Waals surface area contributed by atoms with Gasteiger partial charge in [0, 0.05) is 24.3 Å². The maximum Gasteiger partial charge on any atom is 0.289 e. The van der Waals surface area contributed by atoms with Gasteiger partial charge in [0.15, 0.2) is 5.76 Å². The lowest BCUT2D eigenvalue weighted by Gasteiger charge is -2.34. The summed E-state index contributed by atoms with van der Waals surface area (Å²) >= 11 is 0. The molecule has 2 N–H and O–H groups in total. The molecule has 0 aliphatic carbocycles. The van der Waals surface area contributed by atoms with Gasteiger partial charge < -0.3 is 15.1 Å². The molecule has 122 valence electrons. The quantitative estimate of drug-likeness (QED) is 0.854. The summed E-state index contributed by atoms with van der Waals surface area (Å²) in [6, 6.07) is 9.33. The number of anilines is 1. The number of aryl methyl sites for hydroxylation is 1. The number of benzene rings is 1. The summed E-state index contributed by atoms with van der Waals surface area (Å²) in [5, 5.41) is 0. The molecule has 4 heteroatoms. The Kier molecular flexibility index (Phi) is 4.16. The van der Waals surface area contributed by atoms with E-state index in [2.05, 4.69) is 13.8 Å². The van der Waals surface area contributed by atoms with E-state index in [0.29, 0.717) is 29.0 Å². The second kappa shape index (κ2) is 6.11. The lowest BCUT2D eigenvalue weighted by atomic mass is 9.92. The highest BCUT2D eigenvalue weighted by Crippen LogP contribution is 2.29. The van der Waals surface area contributed by atoms with Crippen LogP contribution in [0.3, 0.4) is 0 Å². The van der Waals surface area contributed by atoms with Crippen LogP contribution in [0.5, 0.6) is 0 Å². The largest absolute Gasteiger partial charge is 0.451 e. The van der Waals surface area contributed by atoms with E-state index in [0.717, 1.165) is 24.2 Å². The van der Waals surface area contributed by atoms with E-state index in [1.807, 2.05) is 36.1 Å². The molecular weight excluding hydrogens is 288 g/mol. The molecule has 2 aromatic rings. The fraction of sp³-hybridized carbons (Fsp3) is 0.421. The van der Waals surface area contributed by atoms with Crippen molar-refractivity contribution in [2.24, 2.45) is 11.8 Å². The number of nitrogens with zero attached hydrogens (tertiary/aromatic N) is 1. The van der Waals surface area contributed by atoms with Crippen LogP contribution in [0.1, 0.15) is 36.4 Å². The summed E-state index contributed by atoms with van der Waals surface area (Å²) in [6.07, 6.45) is 1.18. The summed E-state index contributed by atoms with van der Waals surface area (Å²) in [5.41, 5.74) is 8.56. The van der Waals surface area contributed by atoms with Gasteiger partial charge in [0.1, 0.15) is 5.76 Å². The first kappa shape index (κ1) is 15.7. The average Bonchev–Trinajstić information content (AvgIpc) is 2.97. The molecule has 1 aromatic heterocycles. The molecule has 0 saturated carbocycles. The third kappa shape index (κ3) is 3.26. The third-order valence-electron chi connectivity index (χ3n) is 4.50. The Balaban J connectivity index is 1.84. The van der Waals surface area contributed by atoms with Crippen LogP contribution < -0.4 is 5.73 Å². The van der Waals surface area contributed by atoms with Gasteiger partial charge in [0.05, 0.1) is 0 Å². The molecule has 0 bridgehead atoms. The maximum absolute atomic E-state index is 12.7. The van der Waals surface area contributed by atoms with Crippen LogP contribution in [0.15, 0.2) is 34.7 Å². The summed E-state index contributed by atoms with van der Waals surface area (Å²) in [7, 11) is 0. The molecule has 1 amide bonds. The Morgan fingerprint density at radius 3 is 2.57 bits per heavy atom. The van der Waals surface area contributed by atoms with Gasteiger partial charge >= 0.3 is 0 Å². The predicted octanol–water partition coefficient (Wildman–Crippen LogP) is 3.96. The van der Waals surface area contributed by atoms with Crippen molar-refractivity contribution >= 4 is 11.6 Å². The summed E-state index contributed by atoms with van der Waals surface area (Å²) in [6.45, 7) is 8.00. The number of rotatable bonds is 2. The molecule has 1 aliphatic rings. The number of hydrogen-bond donors (Lipinski definition) is 1. The topological polar surface area (TPSA) is 59.5 Å². The Bertz CT molecular complexity index is 710. The Morgan fingerprint density at radius 2 is 1.87 bits per heavy atom. The molecule has 3 rings (SSSR count). The highest BCUT2D eigenvalue weighted by atomic mass is 16.4. The second-order valence-electron chi connectivity index (χ2n) is 6.89. The molecular formula is C19H24N2O2. The zero-order chi connectivity index (χ0) is 16.6. The van der Waals surface area contributed by atoms with Crippen LogP contribution in [0.4, 0.5) is 5.69 Å². The number of nitrogens with two attached hydrogens (primary N) is 1. The minimum absolute atomic E-state index is 0.0174. The van der Waals surface area contributed by atoms with Gasteiger partial charge in [-0.3, -0.25) is 4.79 Å². The third-order valence-corrected chi connectivity index (χ3v) is 4.50. The second-order valence-corrected chi connectivity index (χ2v) is 6.89. The van der Waals surface area contributed by atoms with Crippen molar-refractivity contribution in [2.45, 2.75) is 27.2 Å². The van der Waals surface area contributed by atoms with Gasteiger partial charge in [-0.15, -0.1) is 0 Å². The minimum Gasteiger partial charge on any atom is -0.451 e. The first-order chi connectivity index (χ1) is 10.9. The first-order valence-corrected chi connectivity index (χ1v) is 8.19. The fourth-order valence-corrected chi connectivity index (χ4v) is 3.49. The minimum atomic E-state index is -0.0174. The lowest BCUT2D eigenvalue weighted by molar-refractivity contribution is 0.0592. The molecule has 0 radical (unpaired) electrons. The first-order valence-electron chi connectivity index (χ1n) is 8.19. The van der Waals surface area contributed by atoms with Crippen molar-refractivity contribution < 1.29 is 9.21 Å². The van der Waals surface area contributed by atoms with Gasteiger partial charge in [0.25, 0.3) is 5.91 Å². The van der Waals surface area contributed by atoms with Crippen molar-refractivity contribution in [1.29, 1.82) is 0 Å². The molecule has 2 unspecified atom stereocenters. The van der Waals surface area contributed by atoms with Crippen LogP contribution in [-0.2, 0) is 0 Å². The fourth-order valence-electron chi connectivity index (χ4n) is 3.49. The summed E-state index contributed by atoms with van der Waals surface area (Å²) in [5.74, 6) is 2.15. The zero-order valence-electron chi connectivity index (χ0n) is 14.0. The number of nitrogen functional groups attached to an aromatic ring is 1. The van der Waals surface area contributed by atoms with Crippen LogP contribution in [0, 0.1) is 18.8 Å². The van der Waals surface area contributed by atoms with Gasteiger partial charge in [0.2, 0.25) is 0 Å². The van der Waals surface area contributed by atoms with Gasteiger partial charge in [-0.25, -0.2) is 0 Å². The van der Waals surface area contributed by atoms with Gasteiger partial charge in [-0.2, -0.15) is 0 Å². The highest BCUT2D eigenvalue weighted by Gasteiger charge is 2.27. The summed E-state index contributed by atoms with van der Waals surface area (Å²) in [4.78, 5) is 14.6. The molecule has 1 aliphatic heterocycles. The Hall–Kier alpha value is -2.23. The number of carbonyl (C=O) groups is 1. The molecule has 2 heterocycles. The molecule has 4 nitrogen and oxygen atoms in total. The molecule has 1 aromatic carbocycles. The molecule has 1 saturated heterocycles. The standard InChI is InChI=1S/C19H24N2O2/c1-12-8-13(2)11-21(10-12)19(22)18-7-6-17(23-18)16-9-15(20)5-4-14(16)3/h4-7,9,12-13H,8,10-11,20H2,1-3H3. The van der Waals surface area contributed by atoms with E-state index in [4.69, 9.17) is 10.2 Å². The van der Waals surface area contributed by atoms with E-state index in [-0.39, 0.29) is 5.91 Å². The smallest absolute Gasteiger partial charge is 0.289 e. The van der Waals surface area contributed by atoms with E-state index in [1.54, 1.807) is 6.07 Å². The lowest BCUT2D eigenvalue weighted by Crippen LogP contribution is -2.42. The van der Waals surface area contributed by atoms with Crippen molar-refractivity contribution in [3.63, 3.8) is 0 Å².